The zero-order valence-corrected chi connectivity index (χ0v) is 15.8. The number of aryl methyl sites for hydroxylation is 1. The van der Waals surface area contributed by atoms with Crippen molar-refractivity contribution in [3.63, 3.8) is 0 Å². The fourth-order valence-electron chi connectivity index (χ4n) is 3.24. The van der Waals surface area contributed by atoms with Crippen LogP contribution in [0.2, 0.25) is 0 Å². The van der Waals surface area contributed by atoms with Crippen LogP contribution < -0.4 is 5.32 Å². The zero-order valence-electron chi connectivity index (χ0n) is 15.8. The first-order chi connectivity index (χ1) is 12.9. The Bertz CT molecular complexity index is 801. The average molecular weight is 370 g/mol. The molecule has 0 aliphatic carbocycles. The van der Waals surface area contributed by atoms with E-state index in [4.69, 9.17) is 0 Å². The molecule has 2 amide bonds. The second kappa shape index (κ2) is 8.35. The lowest BCUT2D eigenvalue weighted by molar-refractivity contribution is -0.141. The Balaban J connectivity index is 1.71. The van der Waals surface area contributed by atoms with Gasteiger partial charge in [0.1, 0.15) is 6.10 Å². The van der Waals surface area contributed by atoms with Gasteiger partial charge in [0.25, 0.3) is 11.8 Å². The molecule has 0 spiro atoms. The van der Waals surface area contributed by atoms with Crippen molar-refractivity contribution in [2.75, 3.05) is 11.9 Å². The maximum absolute atomic E-state index is 12.5. The third kappa shape index (κ3) is 4.74. The van der Waals surface area contributed by atoms with E-state index in [-0.39, 0.29) is 17.7 Å². The van der Waals surface area contributed by atoms with Gasteiger partial charge in [0.05, 0.1) is 12.2 Å². The number of nitrogens with one attached hydrogen (secondary N) is 1. The SMILES string of the molecule is CC(C)C[C@H](O)C(=O)N1CCCn2nc(C(=O)Nc3ccccc3)cc2C1. The standard InChI is InChI=1S/C20H26N4O3/c1-14(2)11-18(25)20(27)23-9-6-10-24-16(13-23)12-17(22-24)19(26)21-15-7-4-3-5-8-15/h3-5,7-8,12,14,18,25H,6,9-11,13H2,1-2H3,(H,21,26)/t18-/m0/s1. The van der Waals surface area contributed by atoms with E-state index in [1.54, 1.807) is 15.6 Å². The molecular formula is C20H26N4O3. The Hall–Kier alpha value is -2.67. The maximum atomic E-state index is 12.5. The summed E-state index contributed by atoms with van der Waals surface area (Å²) >= 11 is 0. The van der Waals surface area contributed by atoms with Crippen LogP contribution >= 0.6 is 0 Å². The summed E-state index contributed by atoms with van der Waals surface area (Å²) in [5.41, 5.74) is 1.83. The van der Waals surface area contributed by atoms with Gasteiger partial charge in [0.2, 0.25) is 0 Å². The number of para-hydroxylation sites is 1. The van der Waals surface area contributed by atoms with Crippen LogP contribution in [0.1, 0.15) is 42.9 Å². The first kappa shape index (κ1) is 19.1. The van der Waals surface area contributed by atoms with Crippen LogP contribution in [0.3, 0.4) is 0 Å². The van der Waals surface area contributed by atoms with Gasteiger partial charge in [-0.05, 0) is 37.0 Å². The Morgan fingerprint density at radius 1 is 1.22 bits per heavy atom. The fourth-order valence-corrected chi connectivity index (χ4v) is 3.24. The normalized spacial score (nSPS) is 15.2. The van der Waals surface area contributed by atoms with Gasteiger partial charge in [0.15, 0.2) is 5.69 Å². The summed E-state index contributed by atoms with van der Waals surface area (Å²) in [6.45, 7) is 5.51. The lowest BCUT2D eigenvalue weighted by Gasteiger charge is -2.23. The molecule has 2 aromatic rings. The van der Waals surface area contributed by atoms with Crippen LogP contribution in [0.25, 0.3) is 0 Å². The minimum Gasteiger partial charge on any atom is -0.383 e. The number of aliphatic hydroxyl groups is 1. The van der Waals surface area contributed by atoms with Crippen LogP contribution in [-0.4, -0.2) is 44.3 Å². The van der Waals surface area contributed by atoms with E-state index in [1.165, 1.54) is 0 Å². The summed E-state index contributed by atoms with van der Waals surface area (Å²) < 4.78 is 1.78. The van der Waals surface area contributed by atoms with Crippen LogP contribution in [0.5, 0.6) is 0 Å². The van der Waals surface area contributed by atoms with Gasteiger partial charge < -0.3 is 15.3 Å². The van der Waals surface area contributed by atoms with Crippen molar-refractivity contribution in [1.82, 2.24) is 14.7 Å². The number of aliphatic hydroxyl groups excluding tert-OH is 1. The van der Waals surface area contributed by atoms with Crippen LogP contribution in [-0.2, 0) is 17.9 Å². The van der Waals surface area contributed by atoms with Gasteiger partial charge in [-0.3, -0.25) is 14.3 Å². The van der Waals surface area contributed by atoms with E-state index in [1.807, 2.05) is 44.2 Å². The molecule has 0 unspecified atom stereocenters. The number of anilines is 1. The molecule has 144 valence electrons. The number of fused-ring (bicyclic) bond motifs is 1. The highest BCUT2D eigenvalue weighted by atomic mass is 16.3. The molecule has 2 heterocycles. The number of hydrogen-bond acceptors (Lipinski definition) is 4. The van der Waals surface area contributed by atoms with Crippen molar-refractivity contribution in [3.8, 4) is 0 Å². The fraction of sp³-hybridized carbons (Fsp3) is 0.450. The molecular weight excluding hydrogens is 344 g/mol. The van der Waals surface area contributed by atoms with Gasteiger partial charge in [0, 0.05) is 18.8 Å². The van der Waals surface area contributed by atoms with Crippen molar-refractivity contribution in [2.45, 2.75) is 45.9 Å². The second-order valence-corrected chi connectivity index (χ2v) is 7.32. The molecule has 1 aromatic carbocycles. The Kier molecular flexibility index (Phi) is 5.91. The number of hydrogen-bond donors (Lipinski definition) is 2. The van der Waals surface area contributed by atoms with Crippen LogP contribution in [0.15, 0.2) is 36.4 Å². The van der Waals surface area contributed by atoms with Gasteiger partial charge in [-0.25, -0.2) is 0 Å². The third-order valence-corrected chi connectivity index (χ3v) is 4.57. The lowest BCUT2D eigenvalue weighted by atomic mass is 10.1. The molecule has 1 aromatic heterocycles. The molecule has 3 rings (SSSR count). The summed E-state index contributed by atoms with van der Waals surface area (Å²) in [4.78, 5) is 26.7. The van der Waals surface area contributed by atoms with Crippen molar-refractivity contribution in [3.05, 3.63) is 47.8 Å². The van der Waals surface area contributed by atoms with Crippen LogP contribution in [0, 0.1) is 5.92 Å². The molecule has 7 heteroatoms. The summed E-state index contributed by atoms with van der Waals surface area (Å²) in [5.74, 6) is -0.289. The van der Waals surface area contributed by atoms with E-state index >= 15 is 0 Å². The maximum Gasteiger partial charge on any atom is 0.276 e. The molecule has 0 saturated heterocycles. The predicted octanol–water partition coefficient (Wildman–Crippen LogP) is 2.27. The number of benzene rings is 1. The van der Waals surface area contributed by atoms with Crippen molar-refractivity contribution >= 4 is 17.5 Å². The topological polar surface area (TPSA) is 87.5 Å². The molecule has 1 aliphatic rings. The summed E-state index contributed by atoms with van der Waals surface area (Å²) in [5, 5.41) is 17.4. The number of carbonyl (C=O) groups excluding carboxylic acids is 2. The minimum absolute atomic E-state index is 0.245. The monoisotopic (exact) mass is 370 g/mol. The van der Waals surface area contributed by atoms with Gasteiger partial charge in [-0.15, -0.1) is 0 Å². The largest absolute Gasteiger partial charge is 0.383 e. The van der Waals surface area contributed by atoms with E-state index in [0.29, 0.717) is 37.4 Å². The Labute approximate surface area is 159 Å². The van der Waals surface area contributed by atoms with E-state index < -0.39 is 6.10 Å². The first-order valence-electron chi connectivity index (χ1n) is 9.34. The van der Waals surface area contributed by atoms with Gasteiger partial charge in [-0.2, -0.15) is 5.10 Å². The lowest BCUT2D eigenvalue weighted by Crippen LogP contribution is -2.39. The highest BCUT2D eigenvalue weighted by Gasteiger charge is 2.26. The minimum atomic E-state index is -0.986. The van der Waals surface area contributed by atoms with Crippen molar-refractivity contribution in [1.29, 1.82) is 0 Å². The van der Waals surface area contributed by atoms with Crippen molar-refractivity contribution < 1.29 is 14.7 Å². The number of aromatic nitrogens is 2. The third-order valence-electron chi connectivity index (χ3n) is 4.57. The average Bonchev–Trinajstić information content (AvgIpc) is 2.93. The summed E-state index contributed by atoms with van der Waals surface area (Å²) in [6, 6.07) is 10.9. The molecule has 27 heavy (non-hydrogen) atoms. The summed E-state index contributed by atoms with van der Waals surface area (Å²) in [7, 11) is 0. The molecule has 1 atom stereocenters. The van der Waals surface area contributed by atoms with E-state index in [0.717, 1.165) is 12.1 Å². The van der Waals surface area contributed by atoms with E-state index in [9.17, 15) is 14.7 Å². The first-order valence-corrected chi connectivity index (χ1v) is 9.34. The quantitative estimate of drug-likeness (QED) is 0.845. The molecule has 0 radical (unpaired) electrons. The van der Waals surface area contributed by atoms with E-state index in [2.05, 4.69) is 10.4 Å². The molecule has 2 N–H and O–H groups in total. The van der Waals surface area contributed by atoms with Gasteiger partial charge >= 0.3 is 0 Å². The van der Waals surface area contributed by atoms with Gasteiger partial charge in [-0.1, -0.05) is 32.0 Å². The predicted molar refractivity (Wildman–Crippen MR) is 102 cm³/mol. The molecule has 0 bridgehead atoms. The molecule has 0 fully saturated rings. The zero-order chi connectivity index (χ0) is 19.4. The number of nitrogens with zero attached hydrogens (tertiary/aromatic N) is 3. The molecule has 7 nitrogen and oxygen atoms in total. The van der Waals surface area contributed by atoms with Crippen LogP contribution in [0.4, 0.5) is 5.69 Å². The van der Waals surface area contributed by atoms with Crippen molar-refractivity contribution in [2.24, 2.45) is 5.92 Å². The second-order valence-electron chi connectivity index (χ2n) is 7.32. The summed E-state index contributed by atoms with van der Waals surface area (Å²) in [6.07, 6.45) is 0.189. The number of carbonyl (C=O) groups is 2. The highest BCUT2D eigenvalue weighted by Crippen LogP contribution is 2.17. The Morgan fingerprint density at radius 2 is 1.96 bits per heavy atom. The number of amides is 2. The molecule has 1 aliphatic heterocycles. The highest BCUT2D eigenvalue weighted by molar-refractivity contribution is 6.02. The molecule has 0 saturated carbocycles. The Morgan fingerprint density at radius 3 is 2.67 bits per heavy atom. The smallest absolute Gasteiger partial charge is 0.276 e. The number of rotatable bonds is 5.